The minimum Gasteiger partial charge on any atom is -0.616 e. The highest BCUT2D eigenvalue weighted by molar-refractivity contribution is 7.91. The summed E-state index contributed by atoms with van der Waals surface area (Å²) < 4.78 is 11.7. The van der Waals surface area contributed by atoms with Gasteiger partial charge in [-0.2, -0.15) is 4.98 Å². The van der Waals surface area contributed by atoms with Crippen LogP contribution in [-0.4, -0.2) is 86.6 Å². The molecule has 0 saturated carbocycles. The Kier molecular flexibility index (Phi) is 4.64. The summed E-state index contributed by atoms with van der Waals surface area (Å²) >= 11 is -0.779. The maximum absolute atomic E-state index is 11.7. The molecule has 11 heteroatoms. The fourth-order valence-electron chi connectivity index (χ4n) is 3.18. The molecule has 2 aromatic rings. The molecule has 2 fully saturated rings. The first kappa shape index (κ1) is 17.0. The predicted octanol–water partition coefficient (Wildman–Crippen LogP) is -1.15. The van der Waals surface area contributed by atoms with Gasteiger partial charge in [0.15, 0.2) is 11.6 Å². The summed E-state index contributed by atoms with van der Waals surface area (Å²) in [6.07, 6.45) is 2.28. The Labute approximate surface area is 153 Å². The Bertz CT molecular complexity index is 806. The van der Waals surface area contributed by atoms with Crippen LogP contribution in [0.25, 0.3) is 11.0 Å². The summed E-state index contributed by atoms with van der Waals surface area (Å²) in [6, 6.07) is 0. The molecule has 0 aliphatic carbocycles. The van der Waals surface area contributed by atoms with Gasteiger partial charge in [0, 0.05) is 26.2 Å². The third-order valence-corrected chi connectivity index (χ3v) is 5.98. The van der Waals surface area contributed by atoms with Gasteiger partial charge in [0.25, 0.3) is 0 Å². The number of aromatic nitrogens is 4. The van der Waals surface area contributed by atoms with Crippen LogP contribution in [0.15, 0.2) is 6.33 Å². The van der Waals surface area contributed by atoms with Crippen molar-refractivity contribution in [2.75, 3.05) is 66.3 Å². The van der Waals surface area contributed by atoms with Crippen molar-refractivity contribution in [1.82, 2.24) is 24.8 Å². The number of carbonyl (C=O) groups excluding carboxylic acids is 1. The predicted molar refractivity (Wildman–Crippen MR) is 99.5 cm³/mol. The van der Waals surface area contributed by atoms with Gasteiger partial charge in [0.2, 0.25) is 12.4 Å². The highest BCUT2D eigenvalue weighted by Gasteiger charge is 2.26. The van der Waals surface area contributed by atoms with Crippen molar-refractivity contribution in [3.63, 3.8) is 0 Å². The summed E-state index contributed by atoms with van der Waals surface area (Å²) in [6.45, 7) is 3.87. The first-order valence-corrected chi connectivity index (χ1v) is 9.97. The fourth-order valence-corrected chi connectivity index (χ4v) is 4.23. The van der Waals surface area contributed by atoms with Crippen LogP contribution in [0.3, 0.4) is 0 Å². The first-order valence-electron chi connectivity index (χ1n) is 8.48. The van der Waals surface area contributed by atoms with E-state index < -0.39 is 11.2 Å². The monoisotopic (exact) mass is 376 g/mol. The van der Waals surface area contributed by atoms with E-state index >= 15 is 0 Å². The van der Waals surface area contributed by atoms with Crippen molar-refractivity contribution in [2.45, 2.75) is 0 Å². The zero-order valence-corrected chi connectivity index (χ0v) is 15.1. The Balaban J connectivity index is 1.72. The van der Waals surface area contributed by atoms with E-state index in [0.717, 1.165) is 6.41 Å². The fraction of sp³-hybridized carbons (Fsp3) is 0.533. The van der Waals surface area contributed by atoms with E-state index in [2.05, 4.69) is 19.9 Å². The summed E-state index contributed by atoms with van der Waals surface area (Å²) in [5, 5.41) is 0. The molecule has 10 nitrogen and oxygen atoms in total. The van der Waals surface area contributed by atoms with E-state index in [1.54, 1.807) is 4.90 Å². The molecule has 0 bridgehead atoms. The number of rotatable bonds is 3. The number of fused-ring (bicyclic) bond motifs is 1. The van der Waals surface area contributed by atoms with Crippen molar-refractivity contribution < 1.29 is 9.35 Å². The molecule has 0 atom stereocenters. The van der Waals surface area contributed by atoms with Crippen LogP contribution in [0, 0.1) is 0 Å². The second kappa shape index (κ2) is 7.08. The van der Waals surface area contributed by atoms with Crippen LogP contribution < -0.4 is 15.5 Å². The van der Waals surface area contributed by atoms with Crippen LogP contribution >= 0.6 is 0 Å². The number of nitrogen functional groups attached to an aromatic ring is 1. The molecule has 2 aliphatic heterocycles. The van der Waals surface area contributed by atoms with Gasteiger partial charge < -0.3 is 25.0 Å². The number of nitrogens with two attached hydrogens (primary N) is 1. The number of nitrogens with zero attached hydrogens (tertiary/aromatic N) is 7. The van der Waals surface area contributed by atoms with E-state index in [1.807, 2.05) is 4.90 Å². The Morgan fingerprint density at radius 1 is 1.00 bits per heavy atom. The lowest BCUT2D eigenvalue weighted by molar-refractivity contribution is -0.118. The van der Waals surface area contributed by atoms with E-state index in [4.69, 9.17) is 10.7 Å². The van der Waals surface area contributed by atoms with Gasteiger partial charge in [0.1, 0.15) is 28.9 Å². The molecule has 138 valence electrons. The zero-order chi connectivity index (χ0) is 18.1. The van der Waals surface area contributed by atoms with Crippen LogP contribution in [0.5, 0.6) is 0 Å². The summed E-state index contributed by atoms with van der Waals surface area (Å²) in [5.41, 5.74) is 7.17. The molecule has 4 rings (SSSR count). The smallest absolute Gasteiger partial charge is 0.228 e. The van der Waals surface area contributed by atoms with Gasteiger partial charge in [-0.15, -0.1) is 0 Å². The molecule has 2 aliphatic rings. The second-order valence-electron chi connectivity index (χ2n) is 6.27. The lowest BCUT2D eigenvalue weighted by atomic mass is 10.3. The Hall–Kier alpha value is -2.40. The van der Waals surface area contributed by atoms with Gasteiger partial charge in [-0.3, -0.25) is 4.79 Å². The standard InChI is InChI=1S/C15H20N8O2S/c16-13-11-12(17-9-18-13)14(22-5-7-26(25)8-6-22)20-15(19-11)23-3-1-21(10-24)2-4-23/h9-10H,1-8H2,(H2,16,17,18). The molecular weight excluding hydrogens is 356 g/mol. The summed E-state index contributed by atoms with van der Waals surface area (Å²) in [5.74, 6) is 2.80. The molecule has 0 aromatic carbocycles. The Morgan fingerprint density at radius 3 is 2.42 bits per heavy atom. The zero-order valence-electron chi connectivity index (χ0n) is 14.2. The third kappa shape index (κ3) is 3.19. The van der Waals surface area contributed by atoms with Crippen LogP contribution in [0.1, 0.15) is 0 Å². The number of hydrogen-bond acceptors (Lipinski definition) is 9. The highest BCUT2D eigenvalue weighted by Crippen LogP contribution is 2.28. The second-order valence-corrected chi connectivity index (χ2v) is 7.96. The molecule has 2 aromatic heterocycles. The quantitative estimate of drug-likeness (QED) is 0.521. The van der Waals surface area contributed by atoms with E-state index in [1.165, 1.54) is 6.33 Å². The van der Waals surface area contributed by atoms with Crippen LogP contribution in [0.2, 0.25) is 0 Å². The van der Waals surface area contributed by atoms with Gasteiger partial charge in [-0.05, 0) is 0 Å². The molecule has 4 heterocycles. The third-order valence-electron chi connectivity index (χ3n) is 4.70. The molecule has 2 N–H and O–H groups in total. The number of amides is 1. The molecule has 26 heavy (non-hydrogen) atoms. The lowest BCUT2D eigenvalue weighted by Crippen LogP contribution is -2.46. The minimum atomic E-state index is -0.779. The average Bonchev–Trinajstić information content (AvgIpc) is 2.68. The van der Waals surface area contributed by atoms with Gasteiger partial charge in [-0.25, -0.2) is 15.0 Å². The highest BCUT2D eigenvalue weighted by atomic mass is 32.2. The SMILES string of the molecule is Nc1ncnc2c(N3CC[S+]([O-])CC3)nc(N3CCN(C=O)CC3)nc12. The average molecular weight is 376 g/mol. The number of piperazine rings is 1. The molecule has 0 unspecified atom stereocenters. The lowest BCUT2D eigenvalue weighted by Gasteiger charge is -2.34. The number of carbonyl (C=O) groups is 1. The van der Waals surface area contributed by atoms with Crippen molar-refractivity contribution in [3.8, 4) is 0 Å². The minimum absolute atomic E-state index is 0.312. The Morgan fingerprint density at radius 2 is 1.73 bits per heavy atom. The van der Waals surface area contributed by atoms with Gasteiger partial charge in [0.05, 0.1) is 13.1 Å². The van der Waals surface area contributed by atoms with Crippen molar-refractivity contribution in [2.24, 2.45) is 0 Å². The van der Waals surface area contributed by atoms with Gasteiger partial charge >= 0.3 is 0 Å². The molecule has 0 spiro atoms. The van der Waals surface area contributed by atoms with Crippen LogP contribution in [-0.2, 0) is 16.0 Å². The van der Waals surface area contributed by atoms with Crippen molar-refractivity contribution in [3.05, 3.63) is 6.33 Å². The molecule has 1 amide bonds. The summed E-state index contributed by atoms with van der Waals surface area (Å²) in [7, 11) is 0. The van der Waals surface area contributed by atoms with Gasteiger partial charge in [-0.1, -0.05) is 11.2 Å². The van der Waals surface area contributed by atoms with Crippen molar-refractivity contribution in [1.29, 1.82) is 0 Å². The van der Waals surface area contributed by atoms with E-state index in [-0.39, 0.29) is 0 Å². The maximum atomic E-state index is 11.7. The summed E-state index contributed by atoms with van der Waals surface area (Å²) in [4.78, 5) is 34.5. The van der Waals surface area contributed by atoms with Crippen molar-refractivity contribution >= 4 is 46.2 Å². The normalized spacial score (nSPS) is 19.2. The largest absolute Gasteiger partial charge is 0.616 e. The van der Waals surface area contributed by atoms with E-state index in [9.17, 15) is 9.35 Å². The van der Waals surface area contributed by atoms with E-state index in [0.29, 0.717) is 79.4 Å². The molecular formula is C15H20N8O2S. The topological polar surface area (TPSA) is 127 Å². The van der Waals surface area contributed by atoms with Crippen LogP contribution in [0.4, 0.5) is 17.6 Å². The molecule has 0 radical (unpaired) electrons. The first-order chi connectivity index (χ1) is 12.7. The number of hydrogen-bond donors (Lipinski definition) is 1. The molecule has 2 saturated heterocycles. The maximum Gasteiger partial charge on any atom is 0.228 e. The number of anilines is 3.